The van der Waals surface area contributed by atoms with Crippen LogP contribution in [-0.4, -0.2) is 77.8 Å². The number of anilines is 2. The van der Waals surface area contributed by atoms with E-state index in [1.54, 1.807) is 30.6 Å². The van der Waals surface area contributed by atoms with E-state index < -0.39 is 9.84 Å². The van der Waals surface area contributed by atoms with Crippen LogP contribution in [-0.2, 0) is 9.84 Å². The van der Waals surface area contributed by atoms with Crippen LogP contribution in [0.5, 0.6) is 0 Å². The number of benzene rings is 1. The number of carbonyl (C=O) groups excluding carboxylic acids is 1. The maximum atomic E-state index is 12.9. The van der Waals surface area contributed by atoms with E-state index in [1.165, 1.54) is 0 Å². The number of carbonyl (C=O) groups is 1. The molecule has 1 atom stereocenters. The predicted molar refractivity (Wildman–Crippen MR) is 106 cm³/mol. The van der Waals surface area contributed by atoms with E-state index in [-0.39, 0.29) is 23.5 Å². The first-order chi connectivity index (χ1) is 13.5. The van der Waals surface area contributed by atoms with E-state index in [0.29, 0.717) is 44.1 Å². The second-order valence-electron chi connectivity index (χ2n) is 7.16. The molecule has 2 fully saturated rings. The Morgan fingerprint density at radius 2 is 1.82 bits per heavy atom. The second kappa shape index (κ2) is 7.84. The average molecular weight is 401 g/mol. The molecular formula is C19H23N5O3S. The van der Waals surface area contributed by atoms with Crippen LogP contribution in [0.1, 0.15) is 16.8 Å². The Bertz CT molecular complexity index is 943. The number of sulfone groups is 1. The van der Waals surface area contributed by atoms with Gasteiger partial charge in [-0.2, -0.15) is 0 Å². The van der Waals surface area contributed by atoms with Gasteiger partial charge in [0, 0.05) is 55.9 Å². The van der Waals surface area contributed by atoms with Crippen LogP contribution in [0.4, 0.5) is 11.6 Å². The van der Waals surface area contributed by atoms with E-state index in [9.17, 15) is 13.2 Å². The molecule has 2 aliphatic heterocycles. The SMILES string of the molecule is O=C(c1cccc(Nc2ncccn2)c1)N1CCN(C2CCS(=O)(=O)C2)CC1. The molecule has 0 saturated carbocycles. The second-order valence-corrected chi connectivity index (χ2v) is 9.39. The number of nitrogens with one attached hydrogen (secondary N) is 1. The molecule has 148 valence electrons. The number of aromatic nitrogens is 2. The van der Waals surface area contributed by atoms with Gasteiger partial charge in [0.1, 0.15) is 0 Å². The Hall–Kier alpha value is -2.52. The first-order valence-corrected chi connectivity index (χ1v) is 11.2. The van der Waals surface area contributed by atoms with Crippen molar-refractivity contribution in [2.75, 3.05) is 43.0 Å². The lowest BCUT2D eigenvalue weighted by Crippen LogP contribution is -2.52. The molecule has 0 bridgehead atoms. The van der Waals surface area contributed by atoms with Crippen molar-refractivity contribution in [2.45, 2.75) is 12.5 Å². The molecule has 0 aliphatic carbocycles. The van der Waals surface area contributed by atoms with Gasteiger partial charge < -0.3 is 10.2 Å². The molecule has 1 amide bonds. The largest absolute Gasteiger partial charge is 0.336 e. The third-order valence-corrected chi connectivity index (χ3v) is 7.01. The molecule has 0 spiro atoms. The van der Waals surface area contributed by atoms with Crippen molar-refractivity contribution in [2.24, 2.45) is 0 Å². The molecule has 0 radical (unpaired) electrons. The van der Waals surface area contributed by atoms with Crippen molar-refractivity contribution in [3.8, 4) is 0 Å². The van der Waals surface area contributed by atoms with Crippen molar-refractivity contribution in [1.82, 2.24) is 19.8 Å². The minimum Gasteiger partial charge on any atom is -0.336 e. The summed E-state index contributed by atoms with van der Waals surface area (Å²) in [6.45, 7) is 2.63. The minimum atomic E-state index is -2.89. The highest BCUT2D eigenvalue weighted by molar-refractivity contribution is 7.91. The molecule has 9 heteroatoms. The number of nitrogens with zero attached hydrogens (tertiary/aromatic N) is 4. The Kier molecular flexibility index (Phi) is 5.27. The lowest BCUT2D eigenvalue weighted by atomic mass is 10.1. The third kappa shape index (κ3) is 4.31. The smallest absolute Gasteiger partial charge is 0.254 e. The van der Waals surface area contributed by atoms with Gasteiger partial charge in [0.05, 0.1) is 11.5 Å². The van der Waals surface area contributed by atoms with Crippen molar-refractivity contribution >= 4 is 27.4 Å². The summed E-state index contributed by atoms with van der Waals surface area (Å²) in [6, 6.07) is 9.14. The zero-order chi connectivity index (χ0) is 19.6. The Labute approximate surface area is 164 Å². The molecule has 4 rings (SSSR count). The lowest BCUT2D eigenvalue weighted by Gasteiger charge is -2.37. The van der Waals surface area contributed by atoms with E-state index in [2.05, 4.69) is 20.2 Å². The van der Waals surface area contributed by atoms with Crippen molar-refractivity contribution < 1.29 is 13.2 Å². The molecule has 1 N–H and O–H groups in total. The van der Waals surface area contributed by atoms with Crippen LogP contribution in [0.15, 0.2) is 42.7 Å². The summed E-state index contributed by atoms with van der Waals surface area (Å²) >= 11 is 0. The molecule has 1 aromatic heterocycles. The first-order valence-electron chi connectivity index (χ1n) is 9.38. The summed E-state index contributed by atoms with van der Waals surface area (Å²) in [5, 5.41) is 3.10. The van der Waals surface area contributed by atoms with Gasteiger partial charge in [-0.3, -0.25) is 9.69 Å². The normalized spacial score (nSPS) is 22.1. The number of amides is 1. The standard InChI is InChI=1S/C19H23N5O3S/c25-18(15-3-1-4-16(13-15)22-19-20-6-2-7-21-19)24-10-8-23(9-11-24)17-5-12-28(26,27)14-17/h1-4,6-7,13,17H,5,8-12,14H2,(H,20,21,22). The summed E-state index contributed by atoms with van der Waals surface area (Å²) in [4.78, 5) is 25.2. The average Bonchev–Trinajstić information content (AvgIpc) is 3.08. The van der Waals surface area contributed by atoms with E-state index in [0.717, 1.165) is 5.69 Å². The van der Waals surface area contributed by atoms with Crippen molar-refractivity contribution in [1.29, 1.82) is 0 Å². The molecule has 1 unspecified atom stereocenters. The molecule has 2 saturated heterocycles. The van der Waals surface area contributed by atoms with Crippen molar-refractivity contribution in [3.63, 3.8) is 0 Å². The van der Waals surface area contributed by atoms with E-state index >= 15 is 0 Å². The Morgan fingerprint density at radius 3 is 2.50 bits per heavy atom. The van der Waals surface area contributed by atoms with Gasteiger partial charge in [0.25, 0.3) is 5.91 Å². The molecule has 8 nitrogen and oxygen atoms in total. The van der Waals surface area contributed by atoms with Crippen LogP contribution in [0.2, 0.25) is 0 Å². The first kappa shape index (κ1) is 18.8. The summed E-state index contributed by atoms with van der Waals surface area (Å²) in [5.41, 5.74) is 1.37. The molecule has 2 aliphatic rings. The number of hydrogen-bond acceptors (Lipinski definition) is 7. The maximum Gasteiger partial charge on any atom is 0.254 e. The number of piperazine rings is 1. The van der Waals surface area contributed by atoms with E-state index in [1.807, 2.05) is 17.0 Å². The lowest BCUT2D eigenvalue weighted by molar-refractivity contribution is 0.0588. The van der Waals surface area contributed by atoms with Crippen LogP contribution < -0.4 is 5.32 Å². The summed E-state index contributed by atoms with van der Waals surface area (Å²) < 4.78 is 23.4. The van der Waals surface area contributed by atoms with Gasteiger partial charge >= 0.3 is 0 Å². The Balaban J connectivity index is 1.37. The van der Waals surface area contributed by atoms with Crippen LogP contribution in [0.25, 0.3) is 0 Å². The van der Waals surface area contributed by atoms with Gasteiger partial charge in [-0.05, 0) is 30.7 Å². The fourth-order valence-electron chi connectivity index (χ4n) is 3.76. The van der Waals surface area contributed by atoms with Crippen molar-refractivity contribution in [3.05, 3.63) is 48.3 Å². The summed E-state index contributed by atoms with van der Waals surface area (Å²) in [5.74, 6) is 0.987. The quantitative estimate of drug-likeness (QED) is 0.821. The highest BCUT2D eigenvalue weighted by Gasteiger charge is 2.34. The predicted octanol–water partition coefficient (Wildman–Crippen LogP) is 1.17. The monoisotopic (exact) mass is 401 g/mol. The molecule has 3 heterocycles. The van der Waals surface area contributed by atoms with E-state index in [4.69, 9.17) is 0 Å². The van der Waals surface area contributed by atoms with Gasteiger partial charge in [0.2, 0.25) is 5.95 Å². The highest BCUT2D eigenvalue weighted by atomic mass is 32.2. The maximum absolute atomic E-state index is 12.9. The van der Waals surface area contributed by atoms with Gasteiger partial charge in [-0.1, -0.05) is 6.07 Å². The third-order valence-electron chi connectivity index (χ3n) is 5.26. The highest BCUT2D eigenvalue weighted by Crippen LogP contribution is 2.21. The number of rotatable bonds is 4. The zero-order valence-corrected chi connectivity index (χ0v) is 16.3. The van der Waals surface area contributed by atoms with Crippen LogP contribution >= 0.6 is 0 Å². The minimum absolute atomic E-state index is 0.0173. The van der Waals surface area contributed by atoms with Crippen LogP contribution in [0, 0.1) is 0 Å². The molecular weight excluding hydrogens is 378 g/mol. The molecule has 2 aromatic rings. The molecule has 1 aromatic carbocycles. The number of hydrogen-bond donors (Lipinski definition) is 1. The zero-order valence-electron chi connectivity index (χ0n) is 15.5. The summed E-state index contributed by atoms with van der Waals surface area (Å²) in [7, 11) is -2.89. The van der Waals surface area contributed by atoms with Gasteiger partial charge in [0.15, 0.2) is 9.84 Å². The Morgan fingerprint density at radius 1 is 1.07 bits per heavy atom. The van der Waals surface area contributed by atoms with Crippen LogP contribution in [0.3, 0.4) is 0 Å². The molecule has 28 heavy (non-hydrogen) atoms. The van der Waals surface area contributed by atoms with Gasteiger partial charge in [-0.15, -0.1) is 0 Å². The topological polar surface area (TPSA) is 95.5 Å². The fraction of sp³-hybridized carbons (Fsp3) is 0.421. The van der Waals surface area contributed by atoms with Gasteiger partial charge in [-0.25, -0.2) is 18.4 Å². The fourth-order valence-corrected chi connectivity index (χ4v) is 5.52. The summed E-state index contributed by atoms with van der Waals surface area (Å²) in [6.07, 6.45) is 4.00.